The van der Waals surface area contributed by atoms with Gasteiger partial charge in [0, 0.05) is 31.9 Å². The number of benzene rings is 1. The maximum Gasteiger partial charge on any atom is 0.233 e. The maximum absolute atomic E-state index is 13.0. The summed E-state index contributed by atoms with van der Waals surface area (Å²) >= 11 is 0. The number of halogens is 1. The van der Waals surface area contributed by atoms with Crippen molar-refractivity contribution in [2.45, 2.75) is 6.42 Å². The third kappa shape index (κ3) is 4.03. The molecule has 5 nitrogen and oxygen atoms in total. The average molecular weight is 279 g/mol. The van der Waals surface area contributed by atoms with Crippen molar-refractivity contribution in [3.63, 3.8) is 0 Å². The van der Waals surface area contributed by atoms with Gasteiger partial charge in [-0.05, 0) is 25.2 Å². The maximum atomic E-state index is 13.0. The Labute approximate surface area is 117 Å². The summed E-state index contributed by atoms with van der Waals surface area (Å²) in [6.45, 7) is 2.92. The lowest BCUT2D eigenvalue weighted by Crippen LogP contribution is -2.47. The van der Waals surface area contributed by atoms with E-state index in [1.165, 1.54) is 18.2 Å². The first kappa shape index (κ1) is 14.5. The van der Waals surface area contributed by atoms with Gasteiger partial charge < -0.3 is 15.1 Å². The zero-order valence-electron chi connectivity index (χ0n) is 11.4. The number of rotatable bonds is 3. The van der Waals surface area contributed by atoms with E-state index < -0.39 is 11.7 Å². The van der Waals surface area contributed by atoms with E-state index in [9.17, 15) is 14.0 Å². The molecule has 1 aromatic carbocycles. The monoisotopic (exact) mass is 279 g/mol. The third-order valence-electron chi connectivity index (χ3n) is 3.28. The number of carbonyl (C=O) groups is 2. The molecular weight excluding hydrogens is 261 g/mol. The number of piperazine rings is 1. The van der Waals surface area contributed by atoms with Gasteiger partial charge in [-0.1, -0.05) is 6.07 Å². The minimum atomic E-state index is -0.423. The minimum Gasteiger partial charge on any atom is -0.340 e. The molecule has 6 heteroatoms. The molecule has 108 valence electrons. The molecule has 2 rings (SSSR count). The largest absolute Gasteiger partial charge is 0.340 e. The first-order valence-corrected chi connectivity index (χ1v) is 6.56. The van der Waals surface area contributed by atoms with Gasteiger partial charge in [0.25, 0.3) is 0 Å². The summed E-state index contributed by atoms with van der Waals surface area (Å²) in [5.41, 5.74) is 0.362. The molecule has 1 heterocycles. The van der Waals surface area contributed by atoms with Crippen LogP contribution in [0.4, 0.5) is 10.1 Å². The van der Waals surface area contributed by atoms with Crippen LogP contribution in [-0.2, 0) is 9.59 Å². The van der Waals surface area contributed by atoms with Gasteiger partial charge in [-0.25, -0.2) is 4.39 Å². The van der Waals surface area contributed by atoms with Crippen LogP contribution in [0.15, 0.2) is 24.3 Å². The van der Waals surface area contributed by atoms with Crippen molar-refractivity contribution < 1.29 is 14.0 Å². The van der Waals surface area contributed by atoms with Crippen molar-refractivity contribution in [3.05, 3.63) is 30.1 Å². The molecular formula is C14H18FN3O2. The number of likely N-dealkylation sites (N-methyl/N-ethyl adjacent to an activating group) is 1. The van der Waals surface area contributed by atoms with Crippen LogP contribution in [0.2, 0.25) is 0 Å². The molecule has 20 heavy (non-hydrogen) atoms. The highest BCUT2D eigenvalue weighted by molar-refractivity contribution is 6.03. The van der Waals surface area contributed by atoms with E-state index in [1.54, 1.807) is 11.0 Å². The Morgan fingerprint density at radius 2 is 1.95 bits per heavy atom. The molecule has 1 saturated heterocycles. The van der Waals surface area contributed by atoms with Crippen LogP contribution in [0, 0.1) is 5.82 Å². The summed E-state index contributed by atoms with van der Waals surface area (Å²) in [6.07, 6.45) is -0.208. The lowest BCUT2D eigenvalue weighted by molar-refractivity contribution is -0.135. The fourth-order valence-corrected chi connectivity index (χ4v) is 2.08. The van der Waals surface area contributed by atoms with Crippen LogP contribution in [0.1, 0.15) is 6.42 Å². The second-order valence-corrected chi connectivity index (χ2v) is 4.92. The second kappa shape index (κ2) is 6.47. The van der Waals surface area contributed by atoms with Crippen molar-refractivity contribution in [1.82, 2.24) is 9.80 Å². The van der Waals surface area contributed by atoms with Crippen molar-refractivity contribution in [3.8, 4) is 0 Å². The lowest BCUT2D eigenvalue weighted by Gasteiger charge is -2.32. The molecule has 0 unspecified atom stereocenters. The molecule has 0 bridgehead atoms. The molecule has 0 aliphatic carbocycles. The molecule has 0 aromatic heterocycles. The highest BCUT2D eigenvalue weighted by Crippen LogP contribution is 2.10. The fourth-order valence-electron chi connectivity index (χ4n) is 2.08. The zero-order chi connectivity index (χ0) is 14.5. The summed E-state index contributed by atoms with van der Waals surface area (Å²) in [6, 6.07) is 5.61. The summed E-state index contributed by atoms with van der Waals surface area (Å²) < 4.78 is 13.0. The Balaban J connectivity index is 1.83. The van der Waals surface area contributed by atoms with Gasteiger partial charge in [0.05, 0.1) is 0 Å². The Bertz CT molecular complexity index is 499. The van der Waals surface area contributed by atoms with Crippen LogP contribution in [0.5, 0.6) is 0 Å². The molecule has 1 aliphatic heterocycles. The van der Waals surface area contributed by atoms with Gasteiger partial charge in [0.15, 0.2) is 0 Å². The van der Waals surface area contributed by atoms with E-state index in [4.69, 9.17) is 0 Å². The Morgan fingerprint density at radius 1 is 1.25 bits per heavy atom. The van der Waals surface area contributed by atoms with Gasteiger partial charge in [0.2, 0.25) is 11.8 Å². The van der Waals surface area contributed by atoms with Crippen LogP contribution in [-0.4, -0.2) is 54.8 Å². The van der Waals surface area contributed by atoms with E-state index in [0.29, 0.717) is 18.8 Å². The summed E-state index contributed by atoms with van der Waals surface area (Å²) in [5.74, 6) is -1.03. The number of amides is 2. The van der Waals surface area contributed by atoms with E-state index in [0.717, 1.165) is 13.1 Å². The van der Waals surface area contributed by atoms with E-state index in [1.807, 2.05) is 7.05 Å². The molecule has 0 spiro atoms. The number of hydrogen-bond donors (Lipinski definition) is 1. The van der Waals surface area contributed by atoms with Gasteiger partial charge in [0.1, 0.15) is 12.2 Å². The van der Waals surface area contributed by atoms with Crippen molar-refractivity contribution >= 4 is 17.5 Å². The minimum absolute atomic E-state index is 0.188. The quantitative estimate of drug-likeness (QED) is 0.837. The van der Waals surface area contributed by atoms with E-state index in [-0.39, 0.29) is 12.3 Å². The topological polar surface area (TPSA) is 52.7 Å². The molecule has 1 aliphatic rings. The summed E-state index contributed by atoms with van der Waals surface area (Å²) in [5, 5.41) is 2.52. The smallest absolute Gasteiger partial charge is 0.233 e. The molecule has 1 aromatic rings. The Kier molecular flexibility index (Phi) is 4.68. The molecule has 1 N–H and O–H groups in total. The number of hydrogen-bond acceptors (Lipinski definition) is 3. The SMILES string of the molecule is CN1CCN(C(=O)CC(=O)Nc2cccc(F)c2)CC1. The number of anilines is 1. The van der Waals surface area contributed by atoms with Crippen LogP contribution in [0.3, 0.4) is 0 Å². The first-order valence-electron chi connectivity index (χ1n) is 6.56. The standard InChI is InChI=1S/C14H18FN3O2/c1-17-5-7-18(8-6-17)14(20)10-13(19)16-12-4-2-3-11(15)9-12/h2-4,9H,5-8,10H2,1H3,(H,16,19). The van der Waals surface area contributed by atoms with Crippen LogP contribution in [0.25, 0.3) is 0 Å². The normalized spacial score (nSPS) is 16.0. The molecule has 0 radical (unpaired) electrons. The lowest BCUT2D eigenvalue weighted by atomic mass is 10.2. The van der Waals surface area contributed by atoms with Crippen LogP contribution >= 0.6 is 0 Å². The summed E-state index contributed by atoms with van der Waals surface area (Å²) in [7, 11) is 2.00. The van der Waals surface area contributed by atoms with Crippen molar-refractivity contribution in [2.24, 2.45) is 0 Å². The molecule has 2 amide bonds. The van der Waals surface area contributed by atoms with E-state index >= 15 is 0 Å². The fraction of sp³-hybridized carbons (Fsp3) is 0.429. The van der Waals surface area contributed by atoms with Crippen molar-refractivity contribution in [2.75, 3.05) is 38.5 Å². The second-order valence-electron chi connectivity index (χ2n) is 4.92. The van der Waals surface area contributed by atoms with Gasteiger partial charge in [-0.2, -0.15) is 0 Å². The van der Waals surface area contributed by atoms with Gasteiger partial charge in [-0.3, -0.25) is 9.59 Å². The number of nitrogens with one attached hydrogen (secondary N) is 1. The zero-order valence-corrected chi connectivity index (χ0v) is 11.4. The Morgan fingerprint density at radius 3 is 2.60 bits per heavy atom. The van der Waals surface area contributed by atoms with Crippen molar-refractivity contribution in [1.29, 1.82) is 0 Å². The average Bonchev–Trinajstić information content (AvgIpc) is 2.39. The van der Waals surface area contributed by atoms with Crippen LogP contribution < -0.4 is 5.32 Å². The number of nitrogens with zero attached hydrogens (tertiary/aromatic N) is 2. The van der Waals surface area contributed by atoms with Gasteiger partial charge >= 0.3 is 0 Å². The molecule has 0 atom stereocenters. The van der Waals surface area contributed by atoms with E-state index in [2.05, 4.69) is 10.2 Å². The molecule has 0 saturated carbocycles. The predicted octanol–water partition coefficient (Wildman–Crippen LogP) is 0.928. The summed E-state index contributed by atoms with van der Waals surface area (Å²) in [4.78, 5) is 27.5. The first-order chi connectivity index (χ1) is 9.54. The predicted molar refractivity (Wildman–Crippen MR) is 73.7 cm³/mol. The number of carbonyl (C=O) groups excluding carboxylic acids is 2. The third-order valence-corrected chi connectivity index (χ3v) is 3.28. The van der Waals surface area contributed by atoms with Gasteiger partial charge in [-0.15, -0.1) is 0 Å². The molecule has 1 fully saturated rings. The Hall–Kier alpha value is -1.95. The highest BCUT2D eigenvalue weighted by Gasteiger charge is 2.21. The highest BCUT2D eigenvalue weighted by atomic mass is 19.1.